The predicted molar refractivity (Wildman–Crippen MR) is 87.8 cm³/mol. The number of hydrogen-bond donors (Lipinski definition) is 2. The van der Waals surface area contributed by atoms with Gasteiger partial charge < -0.3 is 20.6 Å². The summed E-state index contributed by atoms with van der Waals surface area (Å²) in [5, 5.41) is 9.02. The van der Waals surface area contributed by atoms with Crippen LogP contribution in [-0.2, 0) is 0 Å². The third kappa shape index (κ3) is 3.65. The normalized spacial score (nSPS) is 14.4. The maximum absolute atomic E-state index is 13.4. The van der Waals surface area contributed by atoms with E-state index < -0.39 is 17.9 Å². The van der Waals surface area contributed by atoms with Crippen molar-refractivity contribution in [1.82, 2.24) is 14.9 Å². The van der Waals surface area contributed by atoms with E-state index in [0.717, 1.165) is 0 Å². The molecule has 0 unspecified atom stereocenters. The molecule has 0 aliphatic carbocycles. The van der Waals surface area contributed by atoms with Crippen LogP contribution in [0.5, 0.6) is 0 Å². The van der Waals surface area contributed by atoms with Crippen molar-refractivity contribution >= 4 is 17.8 Å². The number of carboxylic acid groups (broad SMARTS) is 1. The van der Waals surface area contributed by atoms with Gasteiger partial charge in [0.15, 0.2) is 0 Å². The zero-order chi connectivity index (χ0) is 18.0. The lowest BCUT2D eigenvalue weighted by molar-refractivity contribution is 0.1000. The molecule has 2 aromatic heterocycles. The van der Waals surface area contributed by atoms with Gasteiger partial charge in [0.05, 0.1) is 5.69 Å². The zero-order valence-electron chi connectivity index (χ0n) is 13.2. The number of amides is 2. The van der Waals surface area contributed by atoms with Crippen LogP contribution in [0.1, 0.15) is 10.4 Å². The highest BCUT2D eigenvalue weighted by atomic mass is 19.1. The molecule has 3 N–H and O–H groups in total. The molecule has 1 fully saturated rings. The molecule has 1 saturated heterocycles. The molecule has 9 heteroatoms. The SMILES string of the molecule is NC(=O)c1cc(-c2ccnc(F)c2)nc(N2CCN(C(=O)O)CC2)c1. The smallest absolute Gasteiger partial charge is 0.407 e. The largest absolute Gasteiger partial charge is 0.465 e. The minimum Gasteiger partial charge on any atom is -0.465 e. The van der Waals surface area contributed by atoms with Crippen molar-refractivity contribution in [2.75, 3.05) is 31.1 Å². The fourth-order valence-electron chi connectivity index (χ4n) is 2.66. The Morgan fingerprint density at radius 3 is 2.48 bits per heavy atom. The number of carbonyl (C=O) groups is 2. The Kier molecular flexibility index (Phi) is 4.46. The summed E-state index contributed by atoms with van der Waals surface area (Å²) in [6, 6.07) is 5.86. The van der Waals surface area contributed by atoms with Gasteiger partial charge in [0.2, 0.25) is 11.9 Å². The van der Waals surface area contributed by atoms with Crippen molar-refractivity contribution in [3.8, 4) is 11.3 Å². The van der Waals surface area contributed by atoms with Crippen molar-refractivity contribution in [1.29, 1.82) is 0 Å². The standard InChI is InChI=1S/C16H16FN5O3/c17-13-8-10(1-2-19-13)12-7-11(15(18)23)9-14(20-12)21-3-5-22(6-4-21)16(24)25/h1-2,7-9H,3-6H2,(H2,18,23)(H,24,25). The monoisotopic (exact) mass is 345 g/mol. The Hall–Kier alpha value is -3.23. The number of aromatic nitrogens is 2. The van der Waals surface area contributed by atoms with Crippen LogP contribution >= 0.6 is 0 Å². The highest BCUT2D eigenvalue weighted by molar-refractivity contribution is 5.94. The molecule has 8 nitrogen and oxygen atoms in total. The Morgan fingerprint density at radius 1 is 1.16 bits per heavy atom. The predicted octanol–water partition coefficient (Wildman–Crippen LogP) is 1.18. The van der Waals surface area contributed by atoms with Crippen molar-refractivity contribution in [3.63, 3.8) is 0 Å². The first-order valence-electron chi connectivity index (χ1n) is 7.60. The summed E-state index contributed by atoms with van der Waals surface area (Å²) >= 11 is 0. The topological polar surface area (TPSA) is 113 Å². The summed E-state index contributed by atoms with van der Waals surface area (Å²) in [5.41, 5.74) is 6.51. The minimum absolute atomic E-state index is 0.248. The van der Waals surface area contributed by atoms with Gasteiger partial charge in [-0.3, -0.25) is 4.79 Å². The number of hydrogen-bond acceptors (Lipinski definition) is 5. The average molecular weight is 345 g/mol. The summed E-state index contributed by atoms with van der Waals surface area (Å²) in [6.45, 7) is 1.53. The van der Waals surface area contributed by atoms with E-state index in [0.29, 0.717) is 43.3 Å². The van der Waals surface area contributed by atoms with Crippen LogP contribution in [0.2, 0.25) is 0 Å². The second-order valence-corrected chi connectivity index (χ2v) is 5.59. The lowest BCUT2D eigenvalue weighted by Crippen LogP contribution is -2.48. The molecule has 1 aliphatic heterocycles. The van der Waals surface area contributed by atoms with Gasteiger partial charge in [0.25, 0.3) is 0 Å². The first kappa shape index (κ1) is 16.6. The van der Waals surface area contributed by atoms with Crippen molar-refractivity contribution in [2.24, 2.45) is 5.73 Å². The van der Waals surface area contributed by atoms with Crippen LogP contribution in [0.15, 0.2) is 30.5 Å². The molecule has 0 saturated carbocycles. The van der Waals surface area contributed by atoms with E-state index >= 15 is 0 Å². The average Bonchev–Trinajstić information content (AvgIpc) is 2.61. The lowest BCUT2D eigenvalue weighted by atomic mass is 10.1. The molecule has 0 aromatic carbocycles. The number of piperazine rings is 1. The van der Waals surface area contributed by atoms with Gasteiger partial charge in [-0.05, 0) is 18.2 Å². The number of halogens is 1. The Bertz CT molecular complexity index is 821. The Balaban J connectivity index is 1.94. The first-order valence-corrected chi connectivity index (χ1v) is 7.60. The Morgan fingerprint density at radius 2 is 1.88 bits per heavy atom. The second kappa shape index (κ2) is 6.71. The number of primary amides is 1. The van der Waals surface area contributed by atoms with Crippen LogP contribution in [0.25, 0.3) is 11.3 Å². The maximum atomic E-state index is 13.4. The molecule has 0 spiro atoms. The molecule has 1 aliphatic rings. The molecule has 2 aromatic rings. The van der Waals surface area contributed by atoms with Crippen molar-refractivity contribution in [3.05, 3.63) is 42.0 Å². The highest BCUT2D eigenvalue weighted by Crippen LogP contribution is 2.24. The molecular formula is C16H16FN5O3. The zero-order valence-corrected chi connectivity index (χ0v) is 13.2. The molecular weight excluding hydrogens is 329 g/mol. The lowest BCUT2D eigenvalue weighted by Gasteiger charge is -2.34. The number of anilines is 1. The summed E-state index contributed by atoms with van der Waals surface area (Å²) in [5.74, 6) is -0.780. The van der Waals surface area contributed by atoms with Crippen molar-refractivity contribution in [2.45, 2.75) is 0 Å². The third-order valence-electron chi connectivity index (χ3n) is 3.99. The van der Waals surface area contributed by atoms with E-state index in [-0.39, 0.29) is 5.56 Å². The number of pyridine rings is 2. The molecule has 0 bridgehead atoms. The highest BCUT2D eigenvalue weighted by Gasteiger charge is 2.22. The van der Waals surface area contributed by atoms with E-state index in [1.54, 1.807) is 12.1 Å². The molecule has 25 heavy (non-hydrogen) atoms. The van der Waals surface area contributed by atoms with E-state index in [9.17, 15) is 14.0 Å². The number of rotatable bonds is 3. The molecule has 130 valence electrons. The second-order valence-electron chi connectivity index (χ2n) is 5.59. The molecule has 0 radical (unpaired) electrons. The van der Waals surface area contributed by atoms with Crippen LogP contribution in [0.4, 0.5) is 15.0 Å². The van der Waals surface area contributed by atoms with Gasteiger partial charge in [-0.2, -0.15) is 4.39 Å². The fraction of sp³-hybridized carbons (Fsp3) is 0.250. The van der Waals surface area contributed by atoms with Gasteiger partial charge in [0.1, 0.15) is 5.82 Å². The molecule has 3 rings (SSSR count). The first-order chi connectivity index (χ1) is 11.9. The van der Waals surface area contributed by atoms with E-state index in [2.05, 4.69) is 9.97 Å². The van der Waals surface area contributed by atoms with Gasteiger partial charge in [0, 0.05) is 49.6 Å². The molecule has 2 amide bonds. The van der Waals surface area contributed by atoms with Crippen LogP contribution < -0.4 is 10.6 Å². The van der Waals surface area contributed by atoms with E-state index in [1.165, 1.54) is 23.2 Å². The minimum atomic E-state index is -0.966. The van der Waals surface area contributed by atoms with Gasteiger partial charge >= 0.3 is 6.09 Å². The number of nitrogens with zero attached hydrogens (tertiary/aromatic N) is 4. The Labute approximate surface area is 142 Å². The van der Waals surface area contributed by atoms with Crippen LogP contribution in [-0.4, -0.2) is 58.2 Å². The number of carbonyl (C=O) groups excluding carboxylic acids is 1. The third-order valence-corrected chi connectivity index (χ3v) is 3.99. The molecule has 3 heterocycles. The van der Waals surface area contributed by atoms with E-state index in [1.807, 2.05) is 4.90 Å². The van der Waals surface area contributed by atoms with Gasteiger partial charge in [-0.25, -0.2) is 14.8 Å². The molecule has 0 atom stereocenters. The summed E-state index contributed by atoms with van der Waals surface area (Å²) in [6.07, 6.45) is 0.348. The maximum Gasteiger partial charge on any atom is 0.407 e. The van der Waals surface area contributed by atoms with Crippen LogP contribution in [0, 0.1) is 5.95 Å². The summed E-state index contributed by atoms with van der Waals surface area (Å²) in [7, 11) is 0. The van der Waals surface area contributed by atoms with Gasteiger partial charge in [-0.15, -0.1) is 0 Å². The summed E-state index contributed by atoms with van der Waals surface area (Å²) in [4.78, 5) is 33.8. The summed E-state index contributed by atoms with van der Waals surface area (Å²) < 4.78 is 13.4. The fourth-order valence-corrected chi connectivity index (χ4v) is 2.66. The van der Waals surface area contributed by atoms with E-state index in [4.69, 9.17) is 10.8 Å². The number of nitrogens with two attached hydrogens (primary N) is 1. The van der Waals surface area contributed by atoms with Crippen molar-refractivity contribution < 1.29 is 19.1 Å². The quantitative estimate of drug-likeness (QED) is 0.808. The van der Waals surface area contributed by atoms with Gasteiger partial charge in [-0.1, -0.05) is 0 Å². The van der Waals surface area contributed by atoms with Crippen LogP contribution in [0.3, 0.4) is 0 Å².